The van der Waals surface area contributed by atoms with Crippen molar-refractivity contribution in [1.82, 2.24) is 10.6 Å². The van der Waals surface area contributed by atoms with Crippen molar-refractivity contribution in [3.05, 3.63) is 0 Å². The molecule has 2 N–H and O–H groups in total. The molecule has 0 heterocycles. The monoisotopic (exact) mass is 286 g/mol. The zero-order valence-electron chi connectivity index (χ0n) is 12.9. The lowest BCUT2D eigenvalue weighted by Gasteiger charge is -2.29. The molecule has 0 spiro atoms. The van der Waals surface area contributed by atoms with Gasteiger partial charge in [0.25, 0.3) is 0 Å². The lowest BCUT2D eigenvalue weighted by Crippen LogP contribution is -2.49. The lowest BCUT2D eigenvalue weighted by molar-refractivity contribution is -0.123. The Kier molecular flexibility index (Phi) is 7.22. The Morgan fingerprint density at radius 2 is 1.84 bits per heavy atom. The Morgan fingerprint density at radius 1 is 1.26 bits per heavy atom. The number of nitrogens with one attached hydrogen (secondary N) is 2. The Hall–Kier alpha value is -0.220. The van der Waals surface area contributed by atoms with Crippen molar-refractivity contribution in [1.29, 1.82) is 0 Å². The van der Waals surface area contributed by atoms with Crippen LogP contribution in [0.1, 0.15) is 59.3 Å². The van der Waals surface area contributed by atoms with Crippen molar-refractivity contribution in [3.63, 3.8) is 0 Å². The van der Waals surface area contributed by atoms with E-state index in [2.05, 4.69) is 30.7 Å². The van der Waals surface area contributed by atoms with Crippen molar-refractivity contribution in [2.24, 2.45) is 0 Å². The van der Waals surface area contributed by atoms with E-state index in [4.69, 9.17) is 0 Å². The Morgan fingerprint density at radius 3 is 2.32 bits per heavy atom. The summed E-state index contributed by atoms with van der Waals surface area (Å²) in [5, 5.41) is 6.55. The minimum atomic E-state index is -0.0924. The molecule has 1 unspecified atom stereocenters. The summed E-state index contributed by atoms with van der Waals surface area (Å²) in [7, 11) is 0. The molecule has 1 aliphatic carbocycles. The molecule has 0 aromatic carbocycles. The number of hydrogen-bond donors (Lipinski definition) is 2. The summed E-state index contributed by atoms with van der Waals surface area (Å²) in [6.07, 6.45) is 9.42. The highest BCUT2D eigenvalue weighted by Crippen LogP contribution is 2.39. The molecule has 1 saturated carbocycles. The topological polar surface area (TPSA) is 41.1 Å². The molecule has 1 rings (SSSR count). The first-order valence-electron chi connectivity index (χ1n) is 7.65. The molecule has 1 amide bonds. The van der Waals surface area contributed by atoms with E-state index in [1.807, 2.05) is 18.7 Å². The number of hydrogen-bond acceptors (Lipinski definition) is 3. The van der Waals surface area contributed by atoms with Gasteiger partial charge in [0.15, 0.2) is 0 Å². The van der Waals surface area contributed by atoms with E-state index in [0.29, 0.717) is 10.8 Å². The van der Waals surface area contributed by atoms with Crippen molar-refractivity contribution >= 4 is 17.7 Å². The average Bonchev–Trinajstić information content (AvgIpc) is 2.91. The molecule has 1 aliphatic rings. The van der Waals surface area contributed by atoms with Gasteiger partial charge in [-0.1, -0.05) is 26.7 Å². The molecule has 0 bridgehead atoms. The third-order valence-corrected chi connectivity index (χ3v) is 5.82. The summed E-state index contributed by atoms with van der Waals surface area (Å²) < 4.78 is 0.365. The quantitative estimate of drug-likeness (QED) is 0.721. The molecule has 4 heteroatoms. The van der Waals surface area contributed by atoms with Gasteiger partial charge in [-0.2, -0.15) is 11.8 Å². The van der Waals surface area contributed by atoms with Crippen LogP contribution in [0.15, 0.2) is 0 Å². The highest BCUT2D eigenvalue weighted by Gasteiger charge is 2.33. The molecule has 1 fully saturated rings. The molecular formula is C15H30N2OS. The fraction of sp³-hybridized carbons (Fsp3) is 0.933. The third-order valence-electron chi connectivity index (χ3n) is 4.40. The number of carbonyl (C=O) groups is 1. The zero-order valence-corrected chi connectivity index (χ0v) is 13.7. The molecule has 0 aliphatic heterocycles. The molecule has 0 aromatic heterocycles. The largest absolute Gasteiger partial charge is 0.352 e. The number of thioether (sulfide) groups is 1. The highest BCUT2D eigenvalue weighted by molar-refractivity contribution is 8.00. The van der Waals surface area contributed by atoms with E-state index >= 15 is 0 Å². The van der Waals surface area contributed by atoms with E-state index in [-0.39, 0.29) is 11.9 Å². The number of amides is 1. The summed E-state index contributed by atoms with van der Waals surface area (Å²) >= 11 is 1.96. The van der Waals surface area contributed by atoms with Crippen LogP contribution >= 0.6 is 11.8 Å². The van der Waals surface area contributed by atoms with E-state index in [0.717, 1.165) is 19.4 Å². The minimum absolute atomic E-state index is 0.0924. The second kappa shape index (κ2) is 8.15. The van der Waals surface area contributed by atoms with E-state index in [1.165, 1.54) is 25.7 Å². The van der Waals surface area contributed by atoms with Crippen LogP contribution in [0.25, 0.3) is 0 Å². The van der Waals surface area contributed by atoms with Gasteiger partial charge < -0.3 is 10.6 Å². The maximum atomic E-state index is 12.1. The van der Waals surface area contributed by atoms with Crippen LogP contribution in [0.5, 0.6) is 0 Å². The van der Waals surface area contributed by atoms with Gasteiger partial charge in [-0.3, -0.25) is 4.79 Å². The molecule has 0 aromatic rings. The van der Waals surface area contributed by atoms with Crippen LogP contribution in [0, 0.1) is 0 Å². The molecule has 0 saturated heterocycles. The van der Waals surface area contributed by atoms with Gasteiger partial charge in [0, 0.05) is 17.3 Å². The smallest absolute Gasteiger partial charge is 0.237 e. The highest BCUT2D eigenvalue weighted by atomic mass is 32.2. The summed E-state index contributed by atoms with van der Waals surface area (Å²) in [5.41, 5.74) is 0. The van der Waals surface area contributed by atoms with Crippen LogP contribution in [0.3, 0.4) is 0 Å². The number of rotatable bonds is 8. The fourth-order valence-electron chi connectivity index (χ4n) is 2.72. The maximum Gasteiger partial charge on any atom is 0.237 e. The van der Waals surface area contributed by atoms with E-state index < -0.39 is 0 Å². The summed E-state index contributed by atoms with van der Waals surface area (Å²) in [5.74, 6) is 0.142. The maximum absolute atomic E-state index is 12.1. The predicted molar refractivity (Wildman–Crippen MR) is 84.7 cm³/mol. The molecule has 3 nitrogen and oxygen atoms in total. The molecule has 19 heavy (non-hydrogen) atoms. The van der Waals surface area contributed by atoms with Crippen molar-refractivity contribution in [2.75, 3.05) is 12.8 Å². The van der Waals surface area contributed by atoms with Gasteiger partial charge in [0.2, 0.25) is 5.91 Å². The SMILES string of the molecule is CCC(CC)NC(=O)C(C)NCC1(SC)CCCC1. The zero-order chi connectivity index (χ0) is 14.3. The second-order valence-electron chi connectivity index (χ2n) is 5.72. The second-order valence-corrected chi connectivity index (χ2v) is 6.99. The standard InChI is InChI=1S/C15H30N2OS/c1-5-13(6-2)17-14(18)12(3)16-11-15(19-4)9-7-8-10-15/h12-13,16H,5-11H2,1-4H3,(H,17,18). The van der Waals surface area contributed by atoms with Gasteiger partial charge in [-0.05, 0) is 38.9 Å². The molecule has 112 valence electrons. The van der Waals surface area contributed by atoms with Gasteiger partial charge in [0.05, 0.1) is 6.04 Å². The molecule has 0 radical (unpaired) electrons. The van der Waals surface area contributed by atoms with E-state index in [1.54, 1.807) is 0 Å². The third kappa shape index (κ3) is 4.99. The van der Waals surface area contributed by atoms with Crippen LogP contribution in [-0.4, -0.2) is 35.5 Å². The van der Waals surface area contributed by atoms with Gasteiger partial charge >= 0.3 is 0 Å². The lowest BCUT2D eigenvalue weighted by atomic mass is 10.1. The first-order chi connectivity index (χ1) is 9.06. The molecular weight excluding hydrogens is 256 g/mol. The van der Waals surface area contributed by atoms with Crippen LogP contribution in [0.4, 0.5) is 0 Å². The summed E-state index contributed by atoms with van der Waals surface area (Å²) in [6.45, 7) is 7.16. The first-order valence-corrected chi connectivity index (χ1v) is 8.88. The number of carbonyl (C=O) groups excluding carboxylic acids is 1. The van der Waals surface area contributed by atoms with Crippen molar-refractivity contribution < 1.29 is 4.79 Å². The van der Waals surface area contributed by atoms with Crippen molar-refractivity contribution in [3.8, 4) is 0 Å². The Bertz CT molecular complexity index is 273. The molecule has 1 atom stereocenters. The average molecular weight is 286 g/mol. The van der Waals surface area contributed by atoms with Crippen molar-refractivity contribution in [2.45, 2.75) is 76.1 Å². The van der Waals surface area contributed by atoms with Gasteiger partial charge in [-0.25, -0.2) is 0 Å². The van der Waals surface area contributed by atoms with Crippen LogP contribution in [-0.2, 0) is 4.79 Å². The summed E-state index contributed by atoms with van der Waals surface area (Å²) in [6, 6.07) is 0.225. The Labute approximate surface area is 122 Å². The fourth-order valence-corrected chi connectivity index (χ4v) is 3.65. The minimum Gasteiger partial charge on any atom is -0.352 e. The predicted octanol–water partition coefficient (Wildman–Crippen LogP) is 2.95. The van der Waals surface area contributed by atoms with E-state index in [9.17, 15) is 4.79 Å². The van der Waals surface area contributed by atoms with Crippen LogP contribution in [0.2, 0.25) is 0 Å². The first kappa shape index (κ1) is 16.8. The van der Waals surface area contributed by atoms with Gasteiger partial charge in [0.1, 0.15) is 0 Å². The van der Waals surface area contributed by atoms with Crippen LogP contribution < -0.4 is 10.6 Å². The summed E-state index contributed by atoms with van der Waals surface area (Å²) in [4.78, 5) is 12.1. The normalized spacial score (nSPS) is 19.6. The Balaban J connectivity index is 2.37. The van der Waals surface area contributed by atoms with Gasteiger partial charge in [-0.15, -0.1) is 0 Å².